The summed E-state index contributed by atoms with van der Waals surface area (Å²) < 4.78 is 5.22. The monoisotopic (exact) mass is 278 g/mol. The fourth-order valence-electron chi connectivity index (χ4n) is 2.73. The van der Waals surface area contributed by atoms with Gasteiger partial charge in [-0.25, -0.2) is 0 Å². The van der Waals surface area contributed by atoms with Gasteiger partial charge in [-0.1, -0.05) is 19.9 Å². The van der Waals surface area contributed by atoms with Crippen molar-refractivity contribution in [3.63, 3.8) is 0 Å². The number of piperidine rings is 1. The largest absolute Gasteiger partial charge is 0.497 e. The zero-order valence-electron chi connectivity index (χ0n) is 11.8. The van der Waals surface area contributed by atoms with Crippen molar-refractivity contribution in [1.29, 1.82) is 0 Å². The first-order chi connectivity index (χ1) is 9.08. The molecular formula is C15H22N2OS. The van der Waals surface area contributed by atoms with E-state index in [0.29, 0.717) is 11.8 Å². The van der Waals surface area contributed by atoms with Gasteiger partial charge in [-0.05, 0) is 42.6 Å². The molecular weight excluding hydrogens is 256 g/mol. The zero-order valence-corrected chi connectivity index (χ0v) is 12.7. The summed E-state index contributed by atoms with van der Waals surface area (Å²) in [5.41, 5.74) is 0.982. The van der Waals surface area contributed by atoms with Crippen LogP contribution >= 0.6 is 12.2 Å². The number of anilines is 1. The van der Waals surface area contributed by atoms with Gasteiger partial charge in [0.1, 0.15) is 5.75 Å². The first-order valence-electron chi connectivity index (χ1n) is 6.78. The molecule has 0 aliphatic carbocycles. The summed E-state index contributed by atoms with van der Waals surface area (Å²) in [6.45, 7) is 6.66. The molecule has 0 bridgehead atoms. The molecule has 0 unspecified atom stereocenters. The third-order valence-electron chi connectivity index (χ3n) is 3.48. The minimum absolute atomic E-state index is 0.703. The molecule has 0 aromatic heterocycles. The van der Waals surface area contributed by atoms with Crippen molar-refractivity contribution in [3.8, 4) is 5.75 Å². The molecule has 0 amide bonds. The first-order valence-corrected chi connectivity index (χ1v) is 7.19. The highest BCUT2D eigenvalue weighted by molar-refractivity contribution is 7.80. The highest BCUT2D eigenvalue weighted by atomic mass is 32.1. The maximum Gasteiger partial charge on any atom is 0.173 e. The van der Waals surface area contributed by atoms with Crippen LogP contribution < -0.4 is 10.1 Å². The smallest absolute Gasteiger partial charge is 0.173 e. The van der Waals surface area contributed by atoms with Crippen LogP contribution in [-0.4, -0.2) is 30.2 Å². The number of ether oxygens (including phenoxy) is 1. The average Bonchev–Trinajstić information content (AvgIpc) is 2.37. The lowest BCUT2D eigenvalue weighted by atomic mass is 9.92. The van der Waals surface area contributed by atoms with E-state index in [1.165, 1.54) is 6.42 Å². The average molecular weight is 278 g/mol. The van der Waals surface area contributed by atoms with Gasteiger partial charge >= 0.3 is 0 Å². The second-order valence-electron chi connectivity index (χ2n) is 5.51. The number of likely N-dealkylation sites (tertiary alicyclic amines) is 1. The highest BCUT2D eigenvalue weighted by Gasteiger charge is 2.23. The maximum absolute atomic E-state index is 5.52. The van der Waals surface area contributed by atoms with Crippen molar-refractivity contribution in [2.75, 3.05) is 25.5 Å². The van der Waals surface area contributed by atoms with Gasteiger partial charge < -0.3 is 15.0 Å². The Hall–Kier alpha value is -1.29. The van der Waals surface area contributed by atoms with E-state index in [0.717, 1.165) is 29.6 Å². The van der Waals surface area contributed by atoms with Gasteiger partial charge in [0.05, 0.1) is 7.11 Å². The van der Waals surface area contributed by atoms with Crippen molar-refractivity contribution in [2.45, 2.75) is 20.3 Å². The number of nitrogens with one attached hydrogen (secondary N) is 1. The Morgan fingerprint density at radius 3 is 2.63 bits per heavy atom. The van der Waals surface area contributed by atoms with E-state index in [2.05, 4.69) is 24.1 Å². The minimum atomic E-state index is 0.703. The summed E-state index contributed by atoms with van der Waals surface area (Å²) in [6.07, 6.45) is 1.29. The van der Waals surface area contributed by atoms with E-state index in [4.69, 9.17) is 17.0 Å². The molecule has 0 spiro atoms. The Bertz CT molecular complexity index is 440. The third kappa shape index (κ3) is 3.83. The molecule has 1 aliphatic heterocycles. The van der Waals surface area contributed by atoms with Crippen LogP contribution in [0.25, 0.3) is 0 Å². The molecule has 2 rings (SSSR count). The van der Waals surface area contributed by atoms with Crippen LogP contribution in [0, 0.1) is 11.8 Å². The molecule has 0 radical (unpaired) electrons. The zero-order chi connectivity index (χ0) is 13.8. The number of methoxy groups -OCH3 is 1. The Morgan fingerprint density at radius 2 is 2.00 bits per heavy atom. The summed E-state index contributed by atoms with van der Waals surface area (Å²) >= 11 is 5.52. The molecule has 1 N–H and O–H groups in total. The van der Waals surface area contributed by atoms with E-state index in [1.807, 2.05) is 24.3 Å². The predicted molar refractivity (Wildman–Crippen MR) is 83.7 cm³/mol. The topological polar surface area (TPSA) is 24.5 Å². The normalized spacial score (nSPS) is 23.0. The van der Waals surface area contributed by atoms with Crippen LogP contribution in [0.3, 0.4) is 0 Å². The molecule has 19 heavy (non-hydrogen) atoms. The number of thiocarbonyl (C=S) groups is 1. The molecule has 1 saturated heterocycles. The third-order valence-corrected chi connectivity index (χ3v) is 3.84. The molecule has 1 fully saturated rings. The van der Waals surface area contributed by atoms with Gasteiger partial charge in [0.25, 0.3) is 0 Å². The van der Waals surface area contributed by atoms with E-state index in [1.54, 1.807) is 7.11 Å². The fraction of sp³-hybridized carbons (Fsp3) is 0.533. The Labute approximate surface area is 120 Å². The van der Waals surface area contributed by atoms with E-state index < -0.39 is 0 Å². The Kier molecular flexibility index (Phi) is 4.64. The fourth-order valence-corrected chi connectivity index (χ4v) is 3.00. The SMILES string of the molecule is COc1cccc(NC(=S)N2C[C@H](C)C[C@@H](C)C2)c1. The lowest BCUT2D eigenvalue weighted by Crippen LogP contribution is -2.44. The van der Waals surface area contributed by atoms with Crippen molar-refractivity contribution in [3.05, 3.63) is 24.3 Å². The number of nitrogens with zero attached hydrogens (tertiary/aromatic N) is 1. The number of hydrogen-bond acceptors (Lipinski definition) is 2. The van der Waals surface area contributed by atoms with Crippen LogP contribution in [0.15, 0.2) is 24.3 Å². The van der Waals surface area contributed by atoms with E-state index in [9.17, 15) is 0 Å². The second-order valence-corrected chi connectivity index (χ2v) is 5.90. The van der Waals surface area contributed by atoms with Crippen LogP contribution in [0.2, 0.25) is 0 Å². The van der Waals surface area contributed by atoms with Crippen LogP contribution in [0.5, 0.6) is 5.75 Å². The molecule has 104 valence electrons. The van der Waals surface area contributed by atoms with Gasteiger partial charge in [0.2, 0.25) is 0 Å². The second kappa shape index (κ2) is 6.24. The lowest BCUT2D eigenvalue weighted by molar-refractivity contribution is 0.216. The van der Waals surface area contributed by atoms with Gasteiger partial charge in [-0.15, -0.1) is 0 Å². The van der Waals surface area contributed by atoms with Gasteiger partial charge in [0.15, 0.2) is 5.11 Å². The van der Waals surface area contributed by atoms with Crippen molar-refractivity contribution < 1.29 is 4.74 Å². The quantitative estimate of drug-likeness (QED) is 0.838. The van der Waals surface area contributed by atoms with Crippen molar-refractivity contribution in [2.24, 2.45) is 11.8 Å². The summed E-state index contributed by atoms with van der Waals surface area (Å²) in [6, 6.07) is 7.86. The van der Waals surface area contributed by atoms with Crippen molar-refractivity contribution in [1.82, 2.24) is 4.90 Å². The van der Waals surface area contributed by atoms with E-state index >= 15 is 0 Å². The summed E-state index contributed by atoms with van der Waals surface area (Å²) in [5.74, 6) is 2.25. The summed E-state index contributed by atoms with van der Waals surface area (Å²) in [5, 5.41) is 4.12. The molecule has 3 nitrogen and oxygen atoms in total. The van der Waals surface area contributed by atoms with Gasteiger partial charge in [-0.2, -0.15) is 0 Å². The standard InChI is InChI=1S/C15H22N2OS/c1-11-7-12(2)10-17(9-11)15(19)16-13-5-4-6-14(8-13)18-3/h4-6,8,11-12H,7,9-10H2,1-3H3,(H,16,19)/t11-,12-/m1/s1. The van der Waals surface area contributed by atoms with E-state index in [-0.39, 0.29) is 0 Å². The number of rotatable bonds is 2. The summed E-state index contributed by atoms with van der Waals surface area (Å²) in [4.78, 5) is 2.27. The van der Waals surface area contributed by atoms with Crippen LogP contribution in [-0.2, 0) is 0 Å². The molecule has 1 aromatic rings. The molecule has 2 atom stereocenters. The molecule has 1 heterocycles. The Morgan fingerprint density at radius 1 is 1.32 bits per heavy atom. The molecule has 1 aromatic carbocycles. The Balaban J connectivity index is 2.00. The predicted octanol–water partition coefficient (Wildman–Crippen LogP) is 3.37. The molecule has 1 aliphatic rings. The van der Waals surface area contributed by atoms with Gasteiger partial charge in [-0.3, -0.25) is 0 Å². The number of hydrogen-bond donors (Lipinski definition) is 1. The molecule has 4 heteroatoms. The molecule has 0 saturated carbocycles. The van der Waals surface area contributed by atoms with Crippen LogP contribution in [0.1, 0.15) is 20.3 Å². The van der Waals surface area contributed by atoms with Crippen molar-refractivity contribution >= 4 is 23.0 Å². The summed E-state index contributed by atoms with van der Waals surface area (Å²) in [7, 11) is 1.67. The van der Waals surface area contributed by atoms with Crippen LogP contribution in [0.4, 0.5) is 5.69 Å². The lowest BCUT2D eigenvalue weighted by Gasteiger charge is -2.36. The minimum Gasteiger partial charge on any atom is -0.497 e. The number of benzene rings is 1. The first kappa shape index (κ1) is 14.1. The highest BCUT2D eigenvalue weighted by Crippen LogP contribution is 2.22. The maximum atomic E-state index is 5.52. The van der Waals surface area contributed by atoms with Gasteiger partial charge in [0, 0.05) is 24.8 Å².